The lowest BCUT2D eigenvalue weighted by Crippen LogP contribution is -2.14. The molecule has 19 heavy (non-hydrogen) atoms. The van der Waals surface area contributed by atoms with E-state index in [0.29, 0.717) is 18.7 Å². The highest BCUT2D eigenvalue weighted by molar-refractivity contribution is 9.10. The average molecular weight is 322 g/mol. The zero-order chi connectivity index (χ0) is 13.7. The summed E-state index contributed by atoms with van der Waals surface area (Å²) in [4.78, 5) is 14.6. The Morgan fingerprint density at radius 1 is 1.32 bits per heavy atom. The molecule has 1 aromatic carbocycles. The van der Waals surface area contributed by atoms with Crippen molar-refractivity contribution in [3.8, 4) is 0 Å². The normalized spacial score (nSPS) is 10.4. The molecule has 98 valence electrons. The molecule has 0 aliphatic rings. The Balaban J connectivity index is 2.03. The van der Waals surface area contributed by atoms with Crippen molar-refractivity contribution in [2.24, 2.45) is 0 Å². The quantitative estimate of drug-likeness (QED) is 0.679. The minimum Gasteiger partial charge on any atom is -0.308 e. The first-order valence-electron chi connectivity index (χ1n) is 5.69. The van der Waals surface area contributed by atoms with Crippen molar-refractivity contribution in [3.63, 3.8) is 0 Å². The summed E-state index contributed by atoms with van der Waals surface area (Å²) in [6.07, 6.45) is 3.48. The van der Waals surface area contributed by atoms with Gasteiger partial charge in [-0.15, -0.1) is 0 Å². The van der Waals surface area contributed by atoms with Crippen LogP contribution in [0.4, 0.5) is 5.69 Å². The van der Waals surface area contributed by atoms with E-state index in [-0.39, 0.29) is 10.6 Å². The summed E-state index contributed by atoms with van der Waals surface area (Å²) in [5.74, 6) is 0. The van der Waals surface area contributed by atoms with Gasteiger partial charge in [-0.1, -0.05) is 22.0 Å². The third-order valence-corrected chi connectivity index (χ3v) is 3.10. The minimum absolute atomic E-state index is 0.127. The fourth-order valence-electron chi connectivity index (χ4n) is 1.72. The number of nitro groups is 1. The van der Waals surface area contributed by atoms with Crippen LogP contribution in [0.15, 0.2) is 47.2 Å². The molecular formula is C13H12BrN3O2. The molecule has 0 aliphatic heterocycles. The van der Waals surface area contributed by atoms with Crippen molar-refractivity contribution < 1.29 is 4.92 Å². The van der Waals surface area contributed by atoms with Gasteiger partial charge in [0.25, 0.3) is 5.69 Å². The van der Waals surface area contributed by atoms with E-state index in [2.05, 4.69) is 26.2 Å². The predicted octanol–water partition coefficient (Wildman–Crippen LogP) is 3.04. The number of aromatic nitrogens is 1. The number of hydrogen-bond acceptors (Lipinski definition) is 4. The van der Waals surface area contributed by atoms with Crippen LogP contribution in [0.1, 0.15) is 11.1 Å². The summed E-state index contributed by atoms with van der Waals surface area (Å²) >= 11 is 3.32. The fraction of sp³-hybridized carbons (Fsp3) is 0.154. The Labute approximate surface area is 119 Å². The van der Waals surface area contributed by atoms with Crippen LogP contribution in [-0.2, 0) is 13.1 Å². The van der Waals surface area contributed by atoms with Gasteiger partial charge in [-0.2, -0.15) is 0 Å². The number of benzene rings is 1. The summed E-state index contributed by atoms with van der Waals surface area (Å²) in [6.45, 7) is 1.06. The fourth-order valence-corrected chi connectivity index (χ4v) is 2.13. The molecule has 0 aliphatic carbocycles. The molecule has 1 aromatic heterocycles. The average Bonchev–Trinajstić information content (AvgIpc) is 2.39. The molecule has 5 nitrogen and oxygen atoms in total. The number of rotatable bonds is 5. The highest BCUT2D eigenvalue weighted by atomic mass is 79.9. The van der Waals surface area contributed by atoms with Crippen molar-refractivity contribution >= 4 is 21.6 Å². The van der Waals surface area contributed by atoms with Crippen LogP contribution in [0.25, 0.3) is 0 Å². The van der Waals surface area contributed by atoms with E-state index < -0.39 is 0 Å². The monoisotopic (exact) mass is 321 g/mol. The third-order valence-electron chi connectivity index (χ3n) is 2.61. The summed E-state index contributed by atoms with van der Waals surface area (Å²) in [6, 6.07) is 8.75. The maximum absolute atomic E-state index is 10.9. The Hall–Kier alpha value is -1.79. The molecule has 0 unspecified atom stereocenters. The number of pyridine rings is 1. The van der Waals surface area contributed by atoms with Crippen LogP contribution in [0, 0.1) is 10.1 Å². The van der Waals surface area contributed by atoms with Gasteiger partial charge in [0, 0.05) is 41.6 Å². The van der Waals surface area contributed by atoms with E-state index >= 15 is 0 Å². The molecule has 0 bridgehead atoms. The van der Waals surface area contributed by atoms with Crippen LogP contribution >= 0.6 is 15.9 Å². The van der Waals surface area contributed by atoms with Gasteiger partial charge in [0.05, 0.1) is 4.92 Å². The second-order valence-electron chi connectivity index (χ2n) is 3.99. The lowest BCUT2D eigenvalue weighted by Gasteiger charge is -2.06. The second kappa shape index (κ2) is 6.40. The van der Waals surface area contributed by atoms with Gasteiger partial charge in [0.1, 0.15) is 0 Å². The van der Waals surface area contributed by atoms with E-state index in [1.54, 1.807) is 24.5 Å². The summed E-state index contributed by atoms with van der Waals surface area (Å²) in [5, 5.41) is 14.1. The zero-order valence-electron chi connectivity index (χ0n) is 10.0. The summed E-state index contributed by atoms with van der Waals surface area (Å²) in [7, 11) is 0. The molecule has 0 atom stereocenters. The van der Waals surface area contributed by atoms with Crippen molar-refractivity contribution in [2.75, 3.05) is 0 Å². The Morgan fingerprint density at radius 3 is 2.84 bits per heavy atom. The smallest absolute Gasteiger partial charge is 0.273 e. The van der Waals surface area contributed by atoms with Crippen LogP contribution in [0.5, 0.6) is 0 Å². The lowest BCUT2D eigenvalue weighted by atomic mass is 10.2. The van der Waals surface area contributed by atoms with E-state index in [1.165, 1.54) is 6.07 Å². The summed E-state index contributed by atoms with van der Waals surface area (Å²) < 4.78 is 0.830. The highest BCUT2D eigenvalue weighted by Gasteiger charge is 2.13. The second-order valence-corrected chi connectivity index (χ2v) is 4.91. The topological polar surface area (TPSA) is 68.1 Å². The summed E-state index contributed by atoms with van der Waals surface area (Å²) in [5.41, 5.74) is 1.82. The largest absolute Gasteiger partial charge is 0.308 e. The number of nitrogens with zero attached hydrogens (tertiary/aromatic N) is 2. The maximum Gasteiger partial charge on any atom is 0.273 e. The Bertz CT molecular complexity index is 575. The van der Waals surface area contributed by atoms with Crippen molar-refractivity contribution in [2.45, 2.75) is 13.1 Å². The first-order chi connectivity index (χ1) is 9.16. The molecule has 2 aromatic rings. The van der Waals surface area contributed by atoms with Crippen LogP contribution in [-0.4, -0.2) is 9.91 Å². The molecule has 0 spiro atoms. The molecule has 0 saturated carbocycles. The first-order valence-corrected chi connectivity index (χ1v) is 6.48. The van der Waals surface area contributed by atoms with Crippen molar-refractivity contribution in [1.82, 2.24) is 10.3 Å². The van der Waals surface area contributed by atoms with Crippen molar-refractivity contribution in [3.05, 3.63) is 68.4 Å². The van der Waals surface area contributed by atoms with Gasteiger partial charge in [-0.05, 0) is 23.8 Å². The van der Waals surface area contributed by atoms with E-state index in [0.717, 1.165) is 10.0 Å². The molecular weight excluding hydrogens is 310 g/mol. The van der Waals surface area contributed by atoms with Gasteiger partial charge in [-0.3, -0.25) is 15.1 Å². The molecule has 6 heteroatoms. The first kappa shape index (κ1) is 13.6. The maximum atomic E-state index is 10.9. The molecule has 0 amide bonds. The molecule has 1 heterocycles. The van der Waals surface area contributed by atoms with Gasteiger partial charge < -0.3 is 5.32 Å². The Kier molecular flexibility index (Phi) is 4.59. The number of halogens is 1. The predicted molar refractivity (Wildman–Crippen MR) is 75.6 cm³/mol. The highest BCUT2D eigenvalue weighted by Crippen LogP contribution is 2.22. The van der Waals surface area contributed by atoms with Gasteiger partial charge in [0.2, 0.25) is 0 Å². The van der Waals surface area contributed by atoms with E-state index in [1.807, 2.05) is 12.1 Å². The number of nitro benzene ring substituents is 1. The van der Waals surface area contributed by atoms with Crippen LogP contribution in [0.3, 0.4) is 0 Å². The van der Waals surface area contributed by atoms with Crippen LogP contribution in [0.2, 0.25) is 0 Å². The lowest BCUT2D eigenvalue weighted by molar-refractivity contribution is -0.385. The van der Waals surface area contributed by atoms with Crippen molar-refractivity contribution in [1.29, 1.82) is 0 Å². The van der Waals surface area contributed by atoms with Crippen LogP contribution < -0.4 is 5.32 Å². The molecule has 0 fully saturated rings. The number of hydrogen-bond donors (Lipinski definition) is 1. The van der Waals surface area contributed by atoms with E-state index in [9.17, 15) is 10.1 Å². The Morgan fingerprint density at radius 2 is 2.16 bits per heavy atom. The third kappa shape index (κ3) is 3.84. The van der Waals surface area contributed by atoms with E-state index in [4.69, 9.17) is 0 Å². The molecule has 0 radical (unpaired) electrons. The van der Waals surface area contributed by atoms with Gasteiger partial charge in [-0.25, -0.2) is 0 Å². The number of nitrogens with one attached hydrogen (secondary N) is 1. The zero-order valence-corrected chi connectivity index (χ0v) is 11.6. The van der Waals surface area contributed by atoms with Gasteiger partial charge >= 0.3 is 0 Å². The van der Waals surface area contributed by atoms with Gasteiger partial charge in [0.15, 0.2) is 0 Å². The molecule has 2 rings (SSSR count). The minimum atomic E-state index is -0.368. The standard InChI is InChI=1S/C13H12BrN3O2/c14-12-3-4-13(17(18)19)11(6-12)9-16-8-10-2-1-5-15-7-10/h1-7,16H,8-9H2. The molecule has 0 saturated heterocycles. The molecule has 1 N–H and O–H groups in total. The SMILES string of the molecule is O=[N+]([O-])c1ccc(Br)cc1CNCc1cccnc1.